The fraction of sp³-hybridized carbons (Fsp3) is 0.571. The van der Waals surface area contributed by atoms with Crippen molar-refractivity contribution in [3.8, 4) is 0 Å². The molecule has 124 valence electrons. The van der Waals surface area contributed by atoms with Gasteiger partial charge in [0, 0.05) is 18.5 Å². The number of hydrogen-bond acceptors (Lipinski definition) is 6. The van der Waals surface area contributed by atoms with Gasteiger partial charge in [-0.3, -0.25) is 9.89 Å². The molecule has 0 saturated carbocycles. The number of morpholine rings is 1. The molecule has 2 aromatic rings. The highest BCUT2D eigenvalue weighted by Gasteiger charge is 2.29. The van der Waals surface area contributed by atoms with Crippen molar-refractivity contribution in [2.45, 2.75) is 32.8 Å². The number of aromatic amines is 1. The van der Waals surface area contributed by atoms with E-state index < -0.39 is 0 Å². The summed E-state index contributed by atoms with van der Waals surface area (Å²) in [5.41, 5.74) is 1.26. The first-order valence-electron chi connectivity index (χ1n) is 7.49. The second kappa shape index (κ2) is 6.67. The van der Waals surface area contributed by atoms with E-state index in [0.29, 0.717) is 36.8 Å². The Morgan fingerprint density at radius 1 is 1.52 bits per heavy atom. The molecule has 3 rings (SSSR count). The minimum absolute atomic E-state index is 0.0437. The number of nitrogens with zero attached hydrogens (tertiary/aromatic N) is 4. The maximum atomic E-state index is 12.5. The zero-order valence-electron chi connectivity index (χ0n) is 13.0. The zero-order valence-corrected chi connectivity index (χ0v) is 13.8. The Hall–Kier alpha value is -1.93. The van der Waals surface area contributed by atoms with Crippen LogP contribution in [0.1, 0.15) is 35.9 Å². The van der Waals surface area contributed by atoms with E-state index in [1.54, 1.807) is 11.8 Å². The molecular formula is C14H18ClN5O3. The standard InChI is InChI=1S/C14H18ClN5O3/c1-3-11-16-14(18-17-11)10-7-20(4-5-22-10)12(21)6-9-8(2)19-23-13(9)15/h10H,3-7H2,1-2H3,(H,16,17,18)/t10-/m0/s1. The van der Waals surface area contributed by atoms with E-state index >= 15 is 0 Å². The molecule has 0 aliphatic carbocycles. The Labute approximate surface area is 138 Å². The first kappa shape index (κ1) is 15.9. The van der Waals surface area contributed by atoms with Crippen molar-refractivity contribution in [2.75, 3.05) is 19.7 Å². The summed E-state index contributed by atoms with van der Waals surface area (Å²) in [7, 11) is 0. The SMILES string of the molecule is CCc1nc([C@@H]2CN(C(=O)Cc3c(C)noc3Cl)CCO2)n[nH]1. The molecule has 1 aliphatic heterocycles. The number of nitrogens with one attached hydrogen (secondary N) is 1. The van der Waals surface area contributed by atoms with Crippen molar-refractivity contribution in [3.63, 3.8) is 0 Å². The van der Waals surface area contributed by atoms with Crippen molar-refractivity contribution in [2.24, 2.45) is 0 Å². The summed E-state index contributed by atoms with van der Waals surface area (Å²) in [5.74, 6) is 1.34. The topological polar surface area (TPSA) is 97.1 Å². The van der Waals surface area contributed by atoms with E-state index in [0.717, 1.165) is 12.2 Å². The number of rotatable bonds is 4. The highest BCUT2D eigenvalue weighted by molar-refractivity contribution is 6.29. The normalized spacial score (nSPS) is 18.4. The van der Waals surface area contributed by atoms with Gasteiger partial charge in [-0.25, -0.2) is 4.98 Å². The second-order valence-corrected chi connectivity index (χ2v) is 5.73. The number of H-pyrrole nitrogens is 1. The predicted molar refractivity (Wildman–Crippen MR) is 81.0 cm³/mol. The van der Waals surface area contributed by atoms with Crippen LogP contribution in [0.2, 0.25) is 5.22 Å². The fourth-order valence-electron chi connectivity index (χ4n) is 2.47. The van der Waals surface area contributed by atoms with Gasteiger partial charge in [0.25, 0.3) is 0 Å². The van der Waals surface area contributed by atoms with Gasteiger partial charge in [-0.15, -0.1) is 0 Å². The number of amides is 1. The van der Waals surface area contributed by atoms with Gasteiger partial charge in [-0.2, -0.15) is 5.10 Å². The summed E-state index contributed by atoms with van der Waals surface area (Å²) in [6.07, 6.45) is 0.617. The molecular weight excluding hydrogens is 322 g/mol. The van der Waals surface area contributed by atoms with Crippen LogP contribution in [0.4, 0.5) is 0 Å². The molecule has 1 atom stereocenters. The van der Waals surface area contributed by atoms with E-state index in [1.165, 1.54) is 0 Å². The minimum atomic E-state index is -0.316. The van der Waals surface area contributed by atoms with Crippen LogP contribution in [0.15, 0.2) is 4.52 Å². The summed E-state index contributed by atoms with van der Waals surface area (Å²) in [6.45, 7) is 5.15. The molecule has 9 heteroatoms. The molecule has 0 bridgehead atoms. The van der Waals surface area contributed by atoms with Crippen LogP contribution in [-0.2, 0) is 22.4 Å². The highest BCUT2D eigenvalue weighted by atomic mass is 35.5. The van der Waals surface area contributed by atoms with Gasteiger partial charge < -0.3 is 14.2 Å². The molecule has 1 N–H and O–H groups in total. The molecule has 1 aliphatic rings. The van der Waals surface area contributed by atoms with Crippen molar-refractivity contribution in [1.29, 1.82) is 0 Å². The lowest BCUT2D eigenvalue weighted by Crippen LogP contribution is -2.43. The number of aromatic nitrogens is 4. The van der Waals surface area contributed by atoms with Gasteiger partial charge in [-0.05, 0) is 18.5 Å². The highest BCUT2D eigenvalue weighted by Crippen LogP contribution is 2.23. The molecule has 1 saturated heterocycles. The van der Waals surface area contributed by atoms with Crippen molar-refractivity contribution < 1.29 is 14.1 Å². The Balaban J connectivity index is 1.67. The van der Waals surface area contributed by atoms with Gasteiger partial charge in [0.05, 0.1) is 25.3 Å². The monoisotopic (exact) mass is 339 g/mol. The van der Waals surface area contributed by atoms with Crippen molar-refractivity contribution in [3.05, 3.63) is 28.1 Å². The Morgan fingerprint density at radius 3 is 3.00 bits per heavy atom. The third kappa shape index (κ3) is 3.37. The molecule has 1 fully saturated rings. The maximum Gasteiger partial charge on any atom is 0.229 e. The lowest BCUT2D eigenvalue weighted by molar-refractivity contribution is -0.138. The molecule has 2 aromatic heterocycles. The van der Waals surface area contributed by atoms with Gasteiger partial charge in [0.2, 0.25) is 11.1 Å². The number of halogens is 1. The third-order valence-electron chi connectivity index (χ3n) is 3.86. The Bertz CT molecular complexity index is 679. The summed E-state index contributed by atoms with van der Waals surface area (Å²) in [4.78, 5) is 18.6. The molecule has 0 spiro atoms. The number of ether oxygens (including phenoxy) is 1. The summed E-state index contributed by atoms with van der Waals surface area (Å²) in [6, 6.07) is 0. The minimum Gasteiger partial charge on any atom is -0.366 e. The predicted octanol–water partition coefficient (Wildman–Crippen LogP) is 1.46. The van der Waals surface area contributed by atoms with Crippen LogP contribution in [0, 0.1) is 6.92 Å². The van der Waals surface area contributed by atoms with Crippen LogP contribution in [0.3, 0.4) is 0 Å². The van der Waals surface area contributed by atoms with E-state index in [9.17, 15) is 4.79 Å². The van der Waals surface area contributed by atoms with E-state index in [2.05, 4.69) is 20.3 Å². The van der Waals surface area contributed by atoms with Crippen molar-refractivity contribution >= 4 is 17.5 Å². The van der Waals surface area contributed by atoms with E-state index in [1.807, 2.05) is 6.92 Å². The lowest BCUT2D eigenvalue weighted by atomic mass is 10.1. The number of carbonyl (C=O) groups is 1. The van der Waals surface area contributed by atoms with Gasteiger partial charge in [-0.1, -0.05) is 12.1 Å². The van der Waals surface area contributed by atoms with Gasteiger partial charge in [0.15, 0.2) is 5.82 Å². The Kier molecular flexibility index (Phi) is 4.63. The van der Waals surface area contributed by atoms with Crippen LogP contribution in [0.25, 0.3) is 0 Å². The smallest absolute Gasteiger partial charge is 0.229 e. The molecule has 0 radical (unpaired) electrons. The molecule has 1 amide bonds. The van der Waals surface area contributed by atoms with Gasteiger partial charge >= 0.3 is 0 Å². The first-order valence-corrected chi connectivity index (χ1v) is 7.87. The number of aryl methyl sites for hydroxylation is 2. The summed E-state index contributed by atoms with van der Waals surface area (Å²) >= 11 is 5.92. The molecule has 23 heavy (non-hydrogen) atoms. The van der Waals surface area contributed by atoms with E-state index in [4.69, 9.17) is 20.9 Å². The Morgan fingerprint density at radius 2 is 2.35 bits per heavy atom. The zero-order chi connectivity index (χ0) is 16.4. The quantitative estimate of drug-likeness (QED) is 0.905. The molecule has 0 aromatic carbocycles. The van der Waals surface area contributed by atoms with Crippen LogP contribution in [0.5, 0.6) is 0 Å². The van der Waals surface area contributed by atoms with Gasteiger partial charge in [0.1, 0.15) is 11.9 Å². The van der Waals surface area contributed by atoms with Crippen LogP contribution in [-0.4, -0.2) is 50.8 Å². The first-order chi connectivity index (χ1) is 11.1. The third-order valence-corrected chi connectivity index (χ3v) is 4.15. The average Bonchev–Trinajstić information content (AvgIpc) is 3.17. The average molecular weight is 340 g/mol. The molecule has 8 nitrogen and oxygen atoms in total. The largest absolute Gasteiger partial charge is 0.366 e. The molecule has 3 heterocycles. The lowest BCUT2D eigenvalue weighted by Gasteiger charge is -2.31. The molecule has 0 unspecified atom stereocenters. The van der Waals surface area contributed by atoms with Crippen LogP contribution >= 0.6 is 11.6 Å². The van der Waals surface area contributed by atoms with Crippen LogP contribution < -0.4 is 0 Å². The summed E-state index contributed by atoms with van der Waals surface area (Å²) < 4.78 is 10.6. The number of carbonyl (C=O) groups excluding carboxylic acids is 1. The van der Waals surface area contributed by atoms with E-state index in [-0.39, 0.29) is 23.7 Å². The summed E-state index contributed by atoms with van der Waals surface area (Å²) in [5, 5.41) is 11.0. The number of hydrogen-bond donors (Lipinski definition) is 1. The maximum absolute atomic E-state index is 12.5. The second-order valence-electron chi connectivity index (χ2n) is 5.39. The van der Waals surface area contributed by atoms with Crippen molar-refractivity contribution in [1.82, 2.24) is 25.2 Å². The fourth-order valence-corrected chi connectivity index (χ4v) is 2.70.